The zero-order chi connectivity index (χ0) is 5.98. The molecule has 2 atom stereocenters. The van der Waals surface area contributed by atoms with Crippen molar-refractivity contribution in [2.75, 3.05) is 13.2 Å². The van der Waals surface area contributed by atoms with Gasteiger partial charge in [0.2, 0.25) is 0 Å². The first-order valence-corrected chi connectivity index (χ1v) is 2.92. The van der Waals surface area contributed by atoms with Crippen molar-refractivity contribution in [3.63, 3.8) is 0 Å². The van der Waals surface area contributed by atoms with Gasteiger partial charge in [0.15, 0.2) is 0 Å². The molecule has 3 heteroatoms. The molecule has 1 heterocycles. The van der Waals surface area contributed by atoms with Crippen LogP contribution in [0.1, 0.15) is 6.42 Å². The predicted octanol–water partition coefficient (Wildman–Crippen LogP) is -1.33. The molecule has 0 aromatic rings. The molecule has 0 aromatic carbocycles. The summed E-state index contributed by atoms with van der Waals surface area (Å²) in [4.78, 5) is 0. The van der Waals surface area contributed by atoms with Crippen molar-refractivity contribution in [1.82, 2.24) is 5.32 Å². The minimum absolute atomic E-state index is 0.216. The molecule has 1 aliphatic heterocycles. The molecule has 0 radical (unpaired) electrons. The Morgan fingerprint density at radius 3 is 2.75 bits per heavy atom. The first kappa shape index (κ1) is 6.01. The van der Waals surface area contributed by atoms with E-state index in [-0.39, 0.29) is 18.7 Å². The normalized spacial score (nSPS) is 38.2. The Bertz CT molecular complexity index is 76.8. The van der Waals surface area contributed by atoms with Gasteiger partial charge in [-0.25, -0.2) is 0 Å². The first-order valence-electron chi connectivity index (χ1n) is 2.92. The van der Waals surface area contributed by atoms with Gasteiger partial charge in [-0.2, -0.15) is 0 Å². The fourth-order valence-electron chi connectivity index (χ4n) is 0.989. The summed E-state index contributed by atoms with van der Waals surface area (Å²) in [6, 6.07) is 0.511. The predicted molar refractivity (Wildman–Crippen MR) is 31.5 cm³/mol. The lowest BCUT2D eigenvalue weighted by atomic mass is 10.2. The van der Waals surface area contributed by atoms with Crippen LogP contribution in [0.3, 0.4) is 0 Å². The van der Waals surface area contributed by atoms with Crippen molar-refractivity contribution in [1.29, 1.82) is 0 Å². The lowest BCUT2D eigenvalue weighted by molar-refractivity contribution is 0.254. The third-order valence-corrected chi connectivity index (χ3v) is 1.48. The monoisotopic (exact) mass is 116 g/mol. The summed E-state index contributed by atoms with van der Waals surface area (Å²) in [5.41, 5.74) is 5.53. The van der Waals surface area contributed by atoms with E-state index in [1.165, 1.54) is 0 Å². The highest BCUT2D eigenvalue weighted by Gasteiger charge is 2.18. The van der Waals surface area contributed by atoms with Gasteiger partial charge in [-0.05, 0) is 6.42 Å². The molecule has 1 rings (SSSR count). The van der Waals surface area contributed by atoms with Crippen LogP contribution in [0.15, 0.2) is 0 Å². The lowest BCUT2D eigenvalue weighted by Crippen LogP contribution is -2.25. The van der Waals surface area contributed by atoms with Crippen LogP contribution in [0.25, 0.3) is 0 Å². The van der Waals surface area contributed by atoms with Crippen LogP contribution < -0.4 is 11.1 Å². The Balaban J connectivity index is 2.22. The second-order valence-corrected chi connectivity index (χ2v) is 2.28. The average molecular weight is 116 g/mol. The molecule has 0 amide bonds. The minimum atomic E-state index is 0.216. The van der Waals surface area contributed by atoms with Gasteiger partial charge in [0.05, 0.1) is 6.61 Å². The van der Waals surface area contributed by atoms with Crippen LogP contribution >= 0.6 is 0 Å². The number of aliphatic hydroxyl groups excluding tert-OH is 1. The molecule has 4 N–H and O–H groups in total. The van der Waals surface area contributed by atoms with Crippen molar-refractivity contribution in [3.8, 4) is 0 Å². The van der Waals surface area contributed by atoms with Crippen LogP contribution in [-0.2, 0) is 0 Å². The molecule has 0 aliphatic carbocycles. The van der Waals surface area contributed by atoms with Gasteiger partial charge in [-0.3, -0.25) is 0 Å². The molecule has 0 spiro atoms. The van der Waals surface area contributed by atoms with Gasteiger partial charge in [-0.15, -0.1) is 0 Å². The zero-order valence-corrected chi connectivity index (χ0v) is 4.80. The molecule has 1 aliphatic rings. The highest BCUT2D eigenvalue weighted by Crippen LogP contribution is 2.01. The SMILES string of the molecule is NC1CNC(CO)C1. The van der Waals surface area contributed by atoms with Crippen molar-refractivity contribution in [3.05, 3.63) is 0 Å². The van der Waals surface area contributed by atoms with Crippen molar-refractivity contribution >= 4 is 0 Å². The van der Waals surface area contributed by atoms with Gasteiger partial charge >= 0.3 is 0 Å². The maximum Gasteiger partial charge on any atom is 0.0585 e. The molecule has 3 nitrogen and oxygen atoms in total. The highest BCUT2D eigenvalue weighted by molar-refractivity contribution is 4.82. The molecule has 48 valence electrons. The Morgan fingerprint density at radius 2 is 2.50 bits per heavy atom. The van der Waals surface area contributed by atoms with Crippen molar-refractivity contribution < 1.29 is 5.11 Å². The van der Waals surface area contributed by atoms with Gasteiger partial charge in [0.1, 0.15) is 0 Å². The molecule has 0 aromatic heterocycles. The van der Waals surface area contributed by atoms with E-state index in [2.05, 4.69) is 5.32 Å². The number of nitrogens with one attached hydrogen (secondary N) is 1. The minimum Gasteiger partial charge on any atom is -0.395 e. The van der Waals surface area contributed by atoms with E-state index >= 15 is 0 Å². The third kappa shape index (κ3) is 1.18. The second kappa shape index (κ2) is 2.44. The Kier molecular flexibility index (Phi) is 1.83. The standard InChI is InChI=1S/C5H12N2O/c6-4-1-5(3-8)7-2-4/h4-5,7-8H,1-3,6H2. The van der Waals surface area contributed by atoms with Crippen molar-refractivity contribution in [2.24, 2.45) is 5.73 Å². The largest absolute Gasteiger partial charge is 0.395 e. The van der Waals surface area contributed by atoms with Crippen LogP contribution in [0.4, 0.5) is 0 Å². The quantitative estimate of drug-likeness (QED) is 0.398. The van der Waals surface area contributed by atoms with E-state index in [0.29, 0.717) is 0 Å². The van der Waals surface area contributed by atoms with E-state index in [1.807, 2.05) is 0 Å². The average Bonchev–Trinajstić information content (AvgIpc) is 2.14. The number of nitrogens with two attached hydrogens (primary N) is 1. The molecule has 2 unspecified atom stereocenters. The smallest absolute Gasteiger partial charge is 0.0585 e. The Morgan fingerprint density at radius 1 is 1.75 bits per heavy atom. The van der Waals surface area contributed by atoms with Gasteiger partial charge in [0, 0.05) is 18.6 Å². The number of hydrogen-bond acceptors (Lipinski definition) is 3. The second-order valence-electron chi connectivity index (χ2n) is 2.28. The van der Waals surface area contributed by atoms with Crippen molar-refractivity contribution in [2.45, 2.75) is 18.5 Å². The summed E-state index contributed by atoms with van der Waals surface area (Å²) in [7, 11) is 0. The summed E-state index contributed by atoms with van der Waals surface area (Å²) >= 11 is 0. The Labute approximate surface area is 48.9 Å². The fourth-order valence-corrected chi connectivity index (χ4v) is 0.989. The molecular formula is C5H12N2O. The van der Waals surface area contributed by atoms with Gasteiger partial charge in [-0.1, -0.05) is 0 Å². The summed E-state index contributed by atoms with van der Waals surface area (Å²) in [5.74, 6) is 0. The molecule has 8 heavy (non-hydrogen) atoms. The van der Waals surface area contributed by atoms with E-state index in [0.717, 1.165) is 13.0 Å². The van der Waals surface area contributed by atoms with Crippen LogP contribution in [0, 0.1) is 0 Å². The van der Waals surface area contributed by atoms with Crippen LogP contribution in [0.2, 0.25) is 0 Å². The zero-order valence-electron chi connectivity index (χ0n) is 4.80. The topological polar surface area (TPSA) is 58.3 Å². The van der Waals surface area contributed by atoms with E-state index in [9.17, 15) is 0 Å². The molecule has 0 saturated carbocycles. The summed E-state index contributed by atoms with van der Waals surface area (Å²) in [5, 5.41) is 11.6. The molecule has 1 saturated heterocycles. The number of aliphatic hydroxyl groups is 1. The lowest BCUT2D eigenvalue weighted by Gasteiger charge is -2.01. The fraction of sp³-hybridized carbons (Fsp3) is 1.00. The van der Waals surface area contributed by atoms with E-state index in [1.54, 1.807) is 0 Å². The van der Waals surface area contributed by atoms with Gasteiger partial charge in [0.25, 0.3) is 0 Å². The number of rotatable bonds is 1. The maximum atomic E-state index is 8.57. The van der Waals surface area contributed by atoms with Gasteiger partial charge < -0.3 is 16.2 Å². The number of hydrogen-bond donors (Lipinski definition) is 3. The molecule has 0 bridgehead atoms. The van der Waals surface area contributed by atoms with Crippen LogP contribution in [0.5, 0.6) is 0 Å². The third-order valence-electron chi connectivity index (χ3n) is 1.48. The molecular weight excluding hydrogens is 104 g/mol. The van der Waals surface area contributed by atoms with Crippen LogP contribution in [-0.4, -0.2) is 30.3 Å². The van der Waals surface area contributed by atoms with E-state index in [4.69, 9.17) is 10.8 Å². The summed E-state index contributed by atoms with van der Waals surface area (Å²) in [6.45, 7) is 1.07. The highest BCUT2D eigenvalue weighted by atomic mass is 16.3. The summed E-state index contributed by atoms with van der Waals surface area (Å²) < 4.78 is 0. The first-order chi connectivity index (χ1) is 3.83. The molecule has 1 fully saturated rings. The van der Waals surface area contributed by atoms with E-state index < -0.39 is 0 Å². The summed E-state index contributed by atoms with van der Waals surface area (Å²) in [6.07, 6.45) is 0.913. The Hall–Kier alpha value is -0.120. The maximum absolute atomic E-state index is 8.57.